The highest BCUT2D eigenvalue weighted by Crippen LogP contribution is 2.29. The van der Waals surface area contributed by atoms with Crippen LogP contribution in [0.4, 0.5) is 11.4 Å². The third kappa shape index (κ3) is 7.72. The van der Waals surface area contributed by atoms with Gasteiger partial charge in [0.15, 0.2) is 0 Å². The summed E-state index contributed by atoms with van der Waals surface area (Å²) < 4.78 is 0.358. The van der Waals surface area contributed by atoms with Crippen molar-refractivity contribution >= 4 is 57.6 Å². The first-order valence-corrected chi connectivity index (χ1v) is 12.3. The molecule has 0 spiro atoms. The normalized spacial score (nSPS) is 22.1. The van der Waals surface area contributed by atoms with Gasteiger partial charge in [-0.25, -0.2) is 0 Å². The van der Waals surface area contributed by atoms with E-state index in [4.69, 9.17) is 11.5 Å². The van der Waals surface area contributed by atoms with Gasteiger partial charge in [0.05, 0.1) is 22.3 Å². The van der Waals surface area contributed by atoms with Crippen LogP contribution in [0, 0.1) is 13.7 Å². The first kappa shape index (κ1) is 29.2. The highest BCUT2D eigenvalue weighted by Gasteiger charge is 2.33. The van der Waals surface area contributed by atoms with Crippen LogP contribution in [0.3, 0.4) is 0 Å². The Morgan fingerprint density at radius 2 is 1.92 bits per heavy atom. The summed E-state index contributed by atoms with van der Waals surface area (Å²) >= 11 is 1.84. The van der Waals surface area contributed by atoms with Crippen LogP contribution in [0.2, 0.25) is 0 Å². The average Bonchev–Trinajstić information content (AvgIpc) is 2.80. The average molecular weight is 619 g/mol. The molecule has 0 saturated carbocycles. The lowest BCUT2D eigenvalue weighted by atomic mass is 10.0. The van der Waals surface area contributed by atoms with E-state index in [0.29, 0.717) is 23.0 Å². The molecular formula is C21H30IN7O7. The van der Waals surface area contributed by atoms with E-state index in [1.807, 2.05) is 22.6 Å². The predicted octanol–water partition coefficient (Wildman–Crippen LogP) is -0.922. The Kier molecular flexibility index (Phi) is 10.8. The van der Waals surface area contributed by atoms with Crippen LogP contribution < -0.4 is 32.7 Å². The SMILES string of the molecule is CC(O)C1NC(=O)C(CCCCN)NC(=O)c2cc([N+](=O)[O-])cc(I)c2NCCC(C(N)=O)NC1=O. The Morgan fingerprint density at radius 3 is 2.50 bits per heavy atom. The summed E-state index contributed by atoms with van der Waals surface area (Å²) in [6.07, 6.45) is -0.165. The number of halogens is 1. The number of carbonyl (C=O) groups excluding carboxylic acids is 4. The molecule has 2 rings (SSSR count). The van der Waals surface area contributed by atoms with Gasteiger partial charge in [0.1, 0.15) is 18.1 Å². The van der Waals surface area contributed by atoms with Crippen molar-refractivity contribution in [3.05, 3.63) is 31.4 Å². The number of nitro benzene ring substituents is 1. The molecule has 0 bridgehead atoms. The highest BCUT2D eigenvalue weighted by molar-refractivity contribution is 14.1. The second-order valence-corrected chi connectivity index (χ2v) is 9.49. The van der Waals surface area contributed by atoms with Crippen molar-refractivity contribution in [1.82, 2.24) is 16.0 Å². The quantitative estimate of drug-likeness (QED) is 0.0864. The maximum Gasteiger partial charge on any atom is 0.271 e. The van der Waals surface area contributed by atoms with Gasteiger partial charge in [0.25, 0.3) is 11.6 Å². The summed E-state index contributed by atoms with van der Waals surface area (Å²) in [5.41, 5.74) is 10.8. The second-order valence-electron chi connectivity index (χ2n) is 8.32. The van der Waals surface area contributed by atoms with E-state index >= 15 is 0 Å². The Morgan fingerprint density at radius 1 is 1.22 bits per heavy atom. The van der Waals surface area contributed by atoms with E-state index in [-0.39, 0.29) is 36.3 Å². The second kappa shape index (κ2) is 13.3. The van der Waals surface area contributed by atoms with E-state index in [9.17, 15) is 34.4 Å². The molecule has 14 nitrogen and oxygen atoms in total. The highest BCUT2D eigenvalue weighted by atomic mass is 127. The topological polar surface area (TPSA) is 232 Å². The third-order valence-corrected chi connectivity index (χ3v) is 6.41. The molecule has 0 fully saturated rings. The molecule has 4 atom stereocenters. The molecule has 1 aromatic carbocycles. The number of nitrogens with zero attached hydrogens (tertiary/aromatic N) is 1. The minimum absolute atomic E-state index is 0.00259. The molecule has 0 saturated heterocycles. The van der Waals surface area contributed by atoms with E-state index in [1.165, 1.54) is 13.0 Å². The number of amides is 4. The van der Waals surface area contributed by atoms with Gasteiger partial charge in [-0.15, -0.1) is 0 Å². The summed E-state index contributed by atoms with van der Waals surface area (Å²) in [7, 11) is 0. The third-order valence-electron chi connectivity index (χ3n) is 5.56. The molecule has 1 aliphatic rings. The molecule has 9 N–H and O–H groups in total. The number of benzene rings is 1. The zero-order valence-electron chi connectivity index (χ0n) is 19.6. The molecule has 0 aliphatic carbocycles. The van der Waals surface area contributed by atoms with Gasteiger partial charge in [-0.05, 0) is 61.7 Å². The van der Waals surface area contributed by atoms with Gasteiger partial charge in [-0.1, -0.05) is 0 Å². The zero-order valence-corrected chi connectivity index (χ0v) is 21.7. The number of aliphatic hydroxyl groups is 1. The number of aliphatic hydroxyl groups excluding tert-OH is 1. The standard InChI is InChI=1S/C21H30IN7O7/c1-10(30)16-21(34)26-14(18(24)31)5-7-25-17-12(8-11(29(35)36)9-13(17)22)19(32)27-15(20(33)28-16)4-2-3-6-23/h8-10,14-16,25,30H,2-7,23H2,1H3,(H2,24,31)(H,26,34)(H,27,32)(H,28,33). The largest absolute Gasteiger partial charge is 0.391 e. The Hall–Kier alpha value is -3.05. The number of anilines is 1. The number of non-ortho nitro benzene ring substituents is 1. The summed E-state index contributed by atoms with van der Waals surface area (Å²) in [6, 6.07) is -1.36. The number of nitrogens with one attached hydrogen (secondary N) is 4. The number of primary amides is 1. The predicted molar refractivity (Wildman–Crippen MR) is 138 cm³/mol. The van der Waals surface area contributed by atoms with Crippen molar-refractivity contribution in [3.63, 3.8) is 0 Å². The van der Waals surface area contributed by atoms with Crippen LogP contribution in [0.25, 0.3) is 0 Å². The number of carbonyl (C=O) groups is 4. The minimum Gasteiger partial charge on any atom is -0.391 e. The van der Waals surface area contributed by atoms with Gasteiger partial charge in [0.2, 0.25) is 17.7 Å². The van der Waals surface area contributed by atoms with Gasteiger partial charge in [0, 0.05) is 22.2 Å². The molecule has 4 amide bonds. The van der Waals surface area contributed by atoms with Crippen LogP contribution in [0.5, 0.6) is 0 Å². The van der Waals surface area contributed by atoms with E-state index < -0.39 is 52.8 Å². The van der Waals surface area contributed by atoms with Crippen molar-refractivity contribution in [3.8, 4) is 0 Å². The Bertz CT molecular complexity index is 1020. The molecule has 1 heterocycles. The summed E-state index contributed by atoms with van der Waals surface area (Å²) in [5.74, 6) is -3.18. The molecule has 0 radical (unpaired) electrons. The number of fused-ring (bicyclic) bond motifs is 1. The molecule has 0 aromatic heterocycles. The molecule has 36 heavy (non-hydrogen) atoms. The first-order valence-electron chi connectivity index (χ1n) is 11.3. The van der Waals surface area contributed by atoms with Crippen molar-refractivity contribution in [1.29, 1.82) is 0 Å². The lowest BCUT2D eigenvalue weighted by Crippen LogP contribution is -2.59. The van der Waals surface area contributed by atoms with Gasteiger partial charge < -0.3 is 37.8 Å². The van der Waals surface area contributed by atoms with Crippen molar-refractivity contribution < 1.29 is 29.2 Å². The molecule has 4 unspecified atom stereocenters. The maximum absolute atomic E-state index is 13.3. The molecular weight excluding hydrogens is 589 g/mol. The van der Waals surface area contributed by atoms with Crippen LogP contribution in [-0.4, -0.2) is 71.0 Å². The molecule has 1 aromatic rings. The number of hydrogen-bond donors (Lipinski definition) is 7. The summed E-state index contributed by atoms with van der Waals surface area (Å²) in [4.78, 5) is 61.8. The molecule has 15 heteroatoms. The van der Waals surface area contributed by atoms with Gasteiger partial charge >= 0.3 is 0 Å². The van der Waals surface area contributed by atoms with Crippen LogP contribution in [0.1, 0.15) is 43.0 Å². The Labute approximate surface area is 220 Å². The van der Waals surface area contributed by atoms with E-state index in [1.54, 1.807) is 0 Å². The smallest absolute Gasteiger partial charge is 0.271 e. The number of nitrogens with two attached hydrogens (primary N) is 2. The minimum atomic E-state index is -1.43. The van der Waals surface area contributed by atoms with E-state index in [0.717, 1.165) is 6.07 Å². The lowest BCUT2D eigenvalue weighted by molar-refractivity contribution is -0.384. The summed E-state index contributed by atoms with van der Waals surface area (Å²) in [6.45, 7) is 1.70. The number of hydrogen-bond acceptors (Lipinski definition) is 9. The Balaban J connectivity index is 2.55. The van der Waals surface area contributed by atoms with Gasteiger partial charge in [-0.3, -0.25) is 29.3 Å². The lowest BCUT2D eigenvalue weighted by Gasteiger charge is -2.27. The van der Waals surface area contributed by atoms with E-state index in [2.05, 4.69) is 21.3 Å². The zero-order chi connectivity index (χ0) is 27.0. The monoisotopic (exact) mass is 619 g/mol. The van der Waals surface area contributed by atoms with Crippen molar-refractivity contribution in [2.24, 2.45) is 11.5 Å². The van der Waals surface area contributed by atoms with Gasteiger partial charge in [-0.2, -0.15) is 0 Å². The van der Waals surface area contributed by atoms with Crippen LogP contribution >= 0.6 is 22.6 Å². The van der Waals surface area contributed by atoms with Crippen molar-refractivity contribution in [2.45, 2.75) is 56.8 Å². The van der Waals surface area contributed by atoms with Crippen LogP contribution in [-0.2, 0) is 14.4 Å². The fourth-order valence-corrected chi connectivity index (χ4v) is 4.40. The molecule has 198 valence electrons. The number of nitro groups is 1. The number of rotatable bonds is 7. The fourth-order valence-electron chi connectivity index (χ4n) is 3.60. The van der Waals surface area contributed by atoms with Crippen molar-refractivity contribution in [2.75, 3.05) is 18.4 Å². The summed E-state index contributed by atoms with van der Waals surface area (Å²) in [5, 5.41) is 31.9. The fraction of sp³-hybridized carbons (Fsp3) is 0.524. The van der Waals surface area contributed by atoms with Crippen LogP contribution in [0.15, 0.2) is 12.1 Å². The molecule has 1 aliphatic heterocycles. The first-order chi connectivity index (χ1) is 17.0. The maximum atomic E-state index is 13.3. The number of unbranched alkanes of at least 4 members (excludes halogenated alkanes) is 1.